The van der Waals surface area contributed by atoms with Crippen LogP contribution in [0.15, 0.2) is 0 Å². The van der Waals surface area contributed by atoms with Crippen LogP contribution in [0.5, 0.6) is 0 Å². The number of nitrogens with zero attached hydrogens (tertiary/aromatic N) is 1. The van der Waals surface area contributed by atoms with Gasteiger partial charge < -0.3 is 0 Å². The molecular weight excluding hydrogens is 579 g/mol. The fourth-order valence-electron chi connectivity index (χ4n) is 8.43. The first kappa shape index (κ1) is 48.0. The van der Waals surface area contributed by atoms with Gasteiger partial charge in [0.05, 0.1) is 0 Å². The molecule has 0 spiro atoms. The minimum atomic E-state index is 0.304. The van der Waals surface area contributed by atoms with Crippen molar-refractivity contribution in [3.63, 3.8) is 0 Å². The zero-order valence-electron chi connectivity index (χ0n) is 35.3. The second-order valence-corrected chi connectivity index (χ2v) is 17.6. The molecule has 0 amide bonds. The average molecular weight is 676 g/mol. The van der Waals surface area contributed by atoms with Crippen molar-refractivity contribution in [3.8, 4) is 0 Å². The van der Waals surface area contributed by atoms with Gasteiger partial charge in [0.15, 0.2) is 0 Å². The van der Waals surface area contributed by atoms with Crippen molar-refractivity contribution in [2.75, 3.05) is 6.54 Å². The third-order valence-corrected chi connectivity index (χ3v) is 11.7. The van der Waals surface area contributed by atoms with E-state index in [1.807, 2.05) is 0 Å². The van der Waals surface area contributed by atoms with E-state index in [2.05, 4.69) is 53.4 Å². The van der Waals surface area contributed by atoms with Gasteiger partial charge in [0.2, 0.25) is 0 Å². The molecule has 0 unspecified atom stereocenters. The summed E-state index contributed by atoms with van der Waals surface area (Å²) in [7, 11) is 0. The Bertz CT molecular complexity index is 570. The Hall–Kier alpha value is -0.0400. The fraction of sp³-hybridized carbons (Fsp3) is 1.00. The lowest BCUT2D eigenvalue weighted by atomic mass is 9.85. The summed E-state index contributed by atoms with van der Waals surface area (Å²) in [5.41, 5.74) is 0.607. The highest BCUT2D eigenvalue weighted by atomic mass is 15.2. The van der Waals surface area contributed by atoms with Crippen LogP contribution in [0.2, 0.25) is 0 Å². The molecule has 0 radical (unpaired) electrons. The van der Waals surface area contributed by atoms with Gasteiger partial charge in [-0.15, -0.1) is 0 Å². The van der Waals surface area contributed by atoms with Gasteiger partial charge in [-0.2, -0.15) is 0 Å². The van der Waals surface area contributed by atoms with E-state index in [4.69, 9.17) is 0 Å². The first-order chi connectivity index (χ1) is 23.3. The molecule has 0 N–H and O–H groups in total. The van der Waals surface area contributed by atoms with Gasteiger partial charge in [0.25, 0.3) is 0 Å². The Morgan fingerprint density at radius 1 is 0.250 bits per heavy atom. The molecule has 0 aromatic rings. The summed E-state index contributed by atoms with van der Waals surface area (Å²) in [6.45, 7) is 18.6. The van der Waals surface area contributed by atoms with Gasteiger partial charge in [0.1, 0.15) is 0 Å². The topological polar surface area (TPSA) is 3.24 Å². The highest BCUT2D eigenvalue weighted by Crippen LogP contribution is 2.34. The molecule has 0 aromatic carbocycles. The van der Waals surface area contributed by atoms with Gasteiger partial charge in [-0.05, 0) is 53.5 Å². The van der Waals surface area contributed by atoms with Crippen molar-refractivity contribution in [3.05, 3.63) is 0 Å². The minimum Gasteiger partial charge on any atom is -0.293 e. The monoisotopic (exact) mass is 676 g/mol. The van der Waals surface area contributed by atoms with Crippen LogP contribution >= 0.6 is 0 Å². The molecule has 48 heavy (non-hydrogen) atoms. The van der Waals surface area contributed by atoms with E-state index in [0.29, 0.717) is 11.1 Å². The maximum Gasteiger partial charge on any atom is 0.0158 e. The minimum absolute atomic E-state index is 0.304. The zero-order valence-corrected chi connectivity index (χ0v) is 35.3. The molecule has 0 aromatic heterocycles. The number of hydrogen-bond acceptors (Lipinski definition) is 1. The molecular formula is C47H97N. The van der Waals surface area contributed by atoms with E-state index < -0.39 is 0 Å². The highest BCUT2D eigenvalue weighted by molar-refractivity contribution is 4.92. The lowest BCUT2D eigenvalue weighted by Crippen LogP contribution is -2.55. The van der Waals surface area contributed by atoms with Gasteiger partial charge >= 0.3 is 0 Å². The molecule has 0 fully saturated rings. The molecule has 1 heteroatoms. The Kier molecular flexibility index (Phi) is 35.3. The van der Waals surface area contributed by atoms with Crippen LogP contribution in [0.25, 0.3) is 0 Å². The van der Waals surface area contributed by atoms with Crippen LogP contribution in [0, 0.1) is 0 Å². The summed E-state index contributed by atoms with van der Waals surface area (Å²) in [5.74, 6) is 0. The second-order valence-electron chi connectivity index (χ2n) is 17.6. The maximum absolute atomic E-state index is 2.99. The summed E-state index contributed by atoms with van der Waals surface area (Å²) in [6.07, 6.45) is 53.3. The molecule has 0 atom stereocenters. The van der Waals surface area contributed by atoms with Crippen LogP contribution in [0.3, 0.4) is 0 Å². The highest BCUT2D eigenvalue weighted by Gasteiger charge is 2.36. The normalized spacial score (nSPS) is 12.5. The van der Waals surface area contributed by atoms with Crippen molar-refractivity contribution >= 4 is 0 Å². The lowest BCUT2D eigenvalue weighted by molar-refractivity contribution is 0.00151. The van der Waals surface area contributed by atoms with Crippen molar-refractivity contribution < 1.29 is 0 Å². The van der Waals surface area contributed by atoms with E-state index in [-0.39, 0.29) is 0 Å². The first-order valence-corrected chi connectivity index (χ1v) is 23.1. The van der Waals surface area contributed by atoms with Gasteiger partial charge in [-0.3, -0.25) is 4.90 Å². The van der Waals surface area contributed by atoms with Gasteiger partial charge in [0, 0.05) is 11.1 Å². The smallest absolute Gasteiger partial charge is 0.0158 e. The molecule has 290 valence electrons. The SMILES string of the molecule is CCCCCCCCCCCCCCCCCN(C(C)(C)CCCCCCCCCCCC)C(C)(C)CCCCCCCCCCCC. The van der Waals surface area contributed by atoms with E-state index in [1.54, 1.807) is 0 Å². The number of unbranched alkanes of at least 4 members (excludes halogenated alkanes) is 32. The van der Waals surface area contributed by atoms with E-state index in [1.165, 1.54) is 244 Å². The summed E-state index contributed by atoms with van der Waals surface area (Å²) >= 11 is 0. The summed E-state index contributed by atoms with van der Waals surface area (Å²) in [5, 5.41) is 0. The molecule has 0 rings (SSSR count). The Morgan fingerprint density at radius 2 is 0.438 bits per heavy atom. The van der Waals surface area contributed by atoms with Crippen LogP contribution in [-0.2, 0) is 0 Å². The maximum atomic E-state index is 2.99. The van der Waals surface area contributed by atoms with E-state index in [0.717, 1.165) is 0 Å². The van der Waals surface area contributed by atoms with Crippen molar-refractivity contribution in [2.45, 2.75) is 297 Å². The van der Waals surface area contributed by atoms with Crippen molar-refractivity contribution in [1.82, 2.24) is 4.90 Å². The van der Waals surface area contributed by atoms with Crippen molar-refractivity contribution in [1.29, 1.82) is 0 Å². The largest absolute Gasteiger partial charge is 0.293 e. The van der Waals surface area contributed by atoms with Gasteiger partial charge in [-0.25, -0.2) is 0 Å². The standard InChI is InChI=1S/C47H97N/c1-8-11-14-17-20-23-26-27-28-29-30-33-36-39-42-45-48(46(4,5)43-40-37-34-31-24-21-18-15-12-9-2)47(6,7)44-41-38-35-32-25-22-19-16-13-10-3/h8-45H2,1-7H3. The Labute approximate surface area is 307 Å². The average Bonchev–Trinajstić information content (AvgIpc) is 3.06. The quantitative estimate of drug-likeness (QED) is 0.0584. The molecule has 0 heterocycles. The number of hydrogen-bond donors (Lipinski definition) is 0. The summed E-state index contributed by atoms with van der Waals surface area (Å²) in [6, 6.07) is 0. The molecule has 0 aliphatic carbocycles. The summed E-state index contributed by atoms with van der Waals surface area (Å²) in [4.78, 5) is 2.99. The molecule has 0 saturated carbocycles. The van der Waals surface area contributed by atoms with Crippen molar-refractivity contribution in [2.24, 2.45) is 0 Å². The second kappa shape index (κ2) is 35.4. The molecule has 0 aliphatic rings. The Morgan fingerprint density at radius 3 is 0.667 bits per heavy atom. The zero-order chi connectivity index (χ0) is 35.4. The molecule has 0 bridgehead atoms. The molecule has 0 aliphatic heterocycles. The van der Waals surface area contributed by atoms with Crippen LogP contribution in [0.1, 0.15) is 286 Å². The Balaban J connectivity index is 4.49. The third kappa shape index (κ3) is 30.8. The van der Waals surface area contributed by atoms with E-state index >= 15 is 0 Å². The fourth-order valence-corrected chi connectivity index (χ4v) is 8.43. The third-order valence-electron chi connectivity index (χ3n) is 11.7. The number of rotatable bonds is 40. The first-order valence-electron chi connectivity index (χ1n) is 23.1. The van der Waals surface area contributed by atoms with E-state index in [9.17, 15) is 0 Å². The molecule has 0 saturated heterocycles. The van der Waals surface area contributed by atoms with Crippen LogP contribution < -0.4 is 0 Å². The van der Waals surface area contributed by atoms with Crippen LogP contribution in [-0.4, -0.2) is 22.5 Å². The van der Waals surface area contributed by atoms with Crippen LogP contribution in [0.4, 0.5) is 0 Å². The predicted molar refractivity (Wildman–Crippen MR) is 223 cm³/mol. The lowest BCUT2D eigenvalue weighted by Gasteiger charge is -2.49. The molecule has 1 nitrogen and oxygen atoms in total. The summed E-state index contributed by atoms with van der Waals surface area (Å²) < 4.78 is 0. The predicted octanol–water partition coefficient (Wildman–Crippen LogP) is 17.3. The van der Waals surface area contributed by atoms with Gasteiger partial charge in [-0.1, -0.05) is 239 Å².